The predicted molar refractivity (Wildman–Crippen MR) is 85.6 cm³/mol. The lowest BCUT2D eigenvalue weighted by Crippen LogP contribution is -2.25. The molecule has 0 aromatic heterocycles. The highest BCUT2D eigenvalue weighted by Crippen LogP contribution is 2.47. The Balaban J connectivity index is 2.23. The third kappa shape index (κ3) is 2.69. The first-order valence-electron chi connectivity index (χ1n) is 7.34. The van der Waals surface area contributed by atoms with Crippen molar-refractivity contribution in [1.82, 2.24) is 0 Å². The van der Waals surface area contributed by atoms with Crippen LogP contribution in [0.1, 0.15) is 24.0 Å². The van der Waals surface area contributed by atoms with Crippen LogP contribution in [0.5, 0.6) is 0 Å². The van der Waals surface area contributed by atoms with Gasteiger partial charge in [-0.05, 0) is 11.1 Å². The number of carboxylic acids is 1. The number of carbonyl (C=O) groups is 2. The number of aliphatic carboxylic acids is 1. The molecule has 23 heavy (non-hydrogen) atoms. The van der Waals surface area contributed by atoms with Crippen LogP contribution in [-0.2, 0) is 15.2 Å². The SMILES string of the molecule is O=C(O)CC1=C(c2ccccc2)[C@@](O)(c2ccccc2)CC1=O. The molecule has 0 aliphatic heterocycles. The number of carbonyl (C=O) groups excluding carboxylic acids is 1. The van der Waals surface area contributed by atoms with Gasteiger partial charge in [-0.15, -0.1) is 0 Å². The van der Waals surface area contributed by atoms with E-state index in [0.29, 0.717) is 16.7 Å². The number of carboxylic acid groups (broad SMARTS) is 1. The highest BCUT2D eigenvalue weighted by Gasteiger charge is 2.46. The molecule has 0 bridgehead atoms. The largest absolute Gasteiger partial charge is 0.481 e. The van der Waals surface area contributed by atoms with Gasteiger partial charge in [0.1, 0.15) is 5.60 Å². The maximum absolute atomic E-state index is 12.4. The van der Waals surface area contributed by atoms with Crippen molar-refractivity contribution in [2.24, 2.45) is 0 Å². The quantitative estimate of drug-likeness (QED) is 0.911. The summed E-state index contributed by atoms with van der Waals surface area (Å²) in [6.07, 6.45) is -0.526. The van der Waals surface area contributed by atoms with Crippen molar-refractivity contribution in [3.63, 3.8) is 0 Å². The third-order valence-corrected chi connectivity index (χ3v) is 4.11. The van der Waals surface area contributed by atoms with Gasteiger partial charge in [-0.3, -0.25) is 9.59 Å². The van der Waals surface area contributed by atoms with Gasteiger partial charge in [0.2, 0.25) is 0 Å². The molecule has 4 nitrogen and oxygen atoms in total. The lowest BCUT2D eigenvalue weighted by Gasteiger charge is -2.27. The summed E-state index contributed by atoms with van der Waals surface area (Å²) in [5, 5.41) is 20.4. The zero-order valence-electron chi connectivity index (χ0n) is 12.4. The number of Topliss-reactive ketones (excluding diaryl/α,β-unsaturated/α-hetero) is 1. The van der Waals surface area contributed by atoms with Crippen molar-refractivity contribution in [1.29, 1.82) is 0 Å². The van der Waals surface area contributed by atoms with Crippen LogP contribution in [0.2, 0.25) is 0 Å². The highest BCUT2D eigenvalue weighted by atomic mass is 16.4. The number of hydrogen-bond acceptors (Lipinski definition) is 3. The molecular formula is C19H16O4. The van der Waals surface area contributed by atoms with Gasteiger partial charge in [-0.1, -0.05) is 60.7 Å². The second-order valence-electron chi connectivity index (χ2n) is 5.62. The number of aliphatic hydroxyl groups is 1. The maximum Gasteiger partial charge on any atom is 0.307 e. The van der Waals surface area contributed by atoms with Gasteiger partial charge in [0.05, 0.1) is 6.42 Å². The van der Waals surface area contributed by atoms with Crippen LogP contribution < -0.4 is 0 Å². The lowest BCUT2D eigenvalue weighted by atomic mass is 9.83. The Morgan fingerprint density at radius 3 is 2.13 bits per heavy atom. The van der Waals surface area contributed by atoms with E-state index in [2.05, 4.69) is 0 Å². The van der Waals surface area contributed by atoms with Gasteiger partial charge in [0, 0.05) is 17.6 Å². The number of ketones is 1. The van der Waals surface area contributed by atoms with Gasteiger partial charge in [0.25, 0.3) is 0 Å². The molecule has 0 unspecified atom stereocenters. The Kier molecular flexibility index (Phi) is 3.84. The van der Waals surface area contributed by atoms with E-state index in [1.165, 1.54) is 0 Å². The van der Waals surface area contributed by atoms with Gasteiger partial charge in [0.15, 0.2) is 5.78 Å². The standard InChI is InChI=1S/C19H16O4/c20-16-12-19(23,14-9-5-2-6-10-14)18(15(16)11-17(21)22)13-7-3-1-4-8-13/h1-10,23H,11-12H2,(H,21,22)/t19-/m0/s1. The summed E-state index contributed by atoms with van der Waals surface area (Å²) in [6.45, 7) is 0. The molecule has 2 N–H and O–H groups in total. The fourth-order valence-corrected chi connectivity index (χ4v) is 3.13. The molecule has 4 heteroatoms. The van der Waals surface area contributed by atoms with Crippen LogP contribution in [0.25, 0.3) is 5.57 Å². The Labute approximate surface area is 133 Å². The van der Waals surface area contributed by atoms with Gasteiger partial charge in [-0.25, -0.2) is 0 Å². The third-order valence-electron chi connectivity index (χ3n) is 4.11. The fourth-order valence-electron chi connectivity index (χ4n) is 3.13. The number of benzene rings is 2. The van der Waals surface area contributed by atoms with E-state index in [9.17, 15) is 14.7 Å². The van der Waals surface area contributed by atoms with Crippen LogP contribution in [-0.4, -0.2) is 22.0 Å². The Bertz CT molecular complexity index is 778. The monoisotopic (exact) mass is 308 g/mol. The second kappa shape index (κ2) is 5.82. The molecule has 0 heterocycles. The van der Waals surface area contributed by atoms with Crippen LogP contribution in [0.4, 0.5) is 0 Å². The van der Waals surface area contributed by atoms with E-state index < -0.39 is 18.0 Å². The summed E-state index contributed by atoms with van der Waals surface area (Å²) in [7, 11) is 0. The van der Waals surface area contributed by atoms with E-state index in [4.69, 9.17) is 5.11 Å². The molecule has 116 valence electrons. The zero-order chi connectivity index (χ0) is 16.4. The van der Waals surface area contributed by atoms with Crippen molar-refractivity contribution in [2.75, 3.05) is 0 Å². The number of hydrogen-bond donors (Lipinski definition) is 2. The van der Waals surface area contributed by atoms with Crippen LogP contribution in [0.3, 0.4) is 0 Å². The van der Waals surface area contributed by atoms with E-state index in [0.717, 1.165) is 0 Å². The normalized spacial score (nSPS) is 20.8. The molecule has 0 saturated carbocycles. The van der Waals surface area contributed by atoms with Gasteiger partial charge in [-0.2, -0.15) is 0 Å². The van der Waals surface area contributed by atoms with Gasteiger partial charge < -0.3 is 10.2 Å². The van der Waals surface area contributed by atoms with E-state index >= 15 is 0 Å². The Morgan fingerprint density at radius 2 is 1.57 bits per heavy atom. The summed E-state index contributed by atoms with van der Waals surface area (Å²) in [6, 6.07) is 17.9. The summed E-state index contributed by atoms with van der Waals surface area (Å²) < 4.78 is 0. The lowest BCUT2D eigenvalue weighted by molar-refractivity contribution is -0.137. The minimum absolute atomic E-state index is 0.135. The fraction of sp³-hybridized carbons (Fsp3) is 0.158. The van der Waals surface area contributed by atoms with Crippen LogP contribution in [0.15, 0.2) is 66.2 Å². The summed E-state index contributed by atoms with van der Waals surface area (Å²) in [4.78, 5) is 23.6. The van der Waals surface area contributed by atoms with Crippen molar-refractivity contribution >= 4 is 17.3 Å². The Morgan fingerprint density at radius 1 is 1.00 bits per heavy atom. The Hall–Kier alpha value is -2.72. The minimum atomic E-state index is -1.50. The molecule has 0 radical (unpaired) electrons. The molecule has 0 fully saturated rings. The average molecular weight is 308 g/mol. The van der Waals surface area contributed by atoms with Crippen molar-refractivity contribution < 1.29 is 19.8 Å². The van der Waals surface area contributed by atoms with Gasteiger partial charge >= 0.3 is 5.97 Å². The van der Waals surface area contributed by atoms with E-state index in [1.54, 1.807) is 48.5 Å². The zero-order valence-corrected chi connectivity index (χ0v) is 12.4. The molecule has 2 aromatic carbocycles. The first-order chi connectivity index (χ1) is 11.0. The van der Waals surface area contributed by atoms with E-state index in [1.807, 2.05) is 12.1 Å². The molecule has 1 atom stereocenters. The molecular weight excluding hydrogens is 292 g/mol. The first kappa shape index (κ1) is 15.2. The molecule has 1 aliphatic rings. The molecule has 3 rings (SSSR count). The summed E-state index contributed by atoms with van der Waals surface area (Å²) in [5.74, 6) is -1.41. The van der Waals surface area contributed by atoms with Crippen molar-refractivity contribution in [3.8, 4) is 0 Å². The smallest absolute Gasteiger partial charge is 0.307 e. The first-order valence-corrected chi connectivity index (χ1v) is 7.34. The highest BCUT2D eigenvalue weighted by molar-refractivity contribution is 6.12. The average Bonchev–Trinajstić information content (AvgIpc) is 2.80. The molecule has 0 amide bonds. The molecule has 0 saturated heterocycles. The summed E-state index contributed by atoms with van der Waals surface area (Å²) in [5.41, 5.74) is 0.338. The van der Waals surface area contributed by atoms with E-state index in [-0.39, 0.29) is 17.8 Å². The topological polar surface area (TPSA) is 74.6 Å². The number of rotatable bonds is 4. The minimum Gasteiger partial charge on any atom is -0.481 e. The van der Waals surface area contributed by atoms with Crippen LogP contribution in [0, 0.1) is 0 Å². The second-order valence-corrected chi connectivity index (χ2v) is 5.62. The van der Waals surface area contributed by atoms with Crippen LogP contribution >= 0.6 is 0 Å². The molecule has 2 aromatic rings. The van der Waals surface area contributed by atoms with Crippen molar-refractivity contribution in [2.45, 2.75) is 18.4 Å². The predicted octanol–water partition coefficient (Wildman–Crippen LogP) is 2.78. The molecule has 0 spiro atoms. The molecule has 1 aliphatic carbocycles. The summed E-state index contributed by atoms with van der Waals surface area (Å²) >= 11 is 0. The van der Waals surface area contributed by atoms with Crippen molar-refractivity contribution in [3.05, 3.63) is 77.4 Å². The maximum atomic E-state index is 12.4.